The van der Waals surface area contributed by atoms with Gasteiger partial charge in [-0.25, -0.2) is 0 Å². The van der Waals surface area contributed by atoms with Crippen molar-refractivity contribution in [3.8, 4) is 0 Å². The molecule has 0 N–H and O–H groups in total. The van der Waals surface area contributed by atoms with Gasteiger partial charge >= 0.3 is 6.18 Å². The Morgan fingerprint density at radius 2 is 1.85 bits per heavy atom. The molecule has 0 unspecified atom stereocenters. The van der Waals surface area contributed by atoms with Crippen LogP contribution < -0.4 is 4.90 Å². The second-order valence-electron chi connectivity index (χ2n) is 6.73. The van der Waals surface area contributed by atoms with Gasteiger partial charge in [0.15, 0.2) is 0 Å². The summed E-state index contributed by atoms with van der Waals surface area (Å²) in [5.41, 5.74) is 0.773. The lowest BCUT2D eigenvalue weighted by molar-refractivity contribution is -0.384. The number of nitro benzene ring substituents is 1. The Morgan fingerprint density at radius 3 is 2.44 bits per heavy atom. The van der Waals surface area contributed by atoms with E-state index in [1.54, 1.807) is 12.1 Å². The summed E-state index contributed by atoms with van der Waals surface area (Å²) in [6.07, 6.45) is -2.08. The van der Waals surface area contributed by atoms with E-state index in [4.69, 9.17) is 11.6 Å². The maximum atomic E-state index is 12.8. The number of alkyl halides is 3. The third-order valence-electron chi connectivity index (χ3n) is 4.88. The van der Waals surface area contributed by atoms with Crippen molar-refractivity contribution in [2.45, 2.75) is 25.4 Å². The molecule has 0 spiro atoms. The first kappa shape index (κ1) is 19.5. The molecule has 0 aliphatic carbocycles. The molecule has 0 aromatic heterocycles. The van der Waals surface area contributed by atoms with Crippen molar-refractivity contribution in [3.63, 3.8) is 0 Å². The highest BCUT2D eigenvalue weighted by Gasteiger charge is 2.30. The van der Waals surface area contributed by atoms with E-state index in [9.17, 15) is 23.3 Å². The lowest BCUT2D eigenvalue weighted by Crippen LogP contribution is -2.34. The maximum Gasteiger partial charge on any atom is 0.416 e. The zero-order valence-corrected chi connectivity index (χ0v) is 15.1. The molecule has 0 saturated carbocycles. The van der Waals surface area contributed by atoms with E-state index in [1.807, 2.05) is 0 Å². The van der Waals surface area contributed by atoms with Gasteiger partial charge < -0.3 is 4.90 Å². The van der Waals surface area contributed by atoms with E-state index in [1.165, 1.54) is 24.3 Å². The Balaban J connectivity index is 1.62. The predicted molar refractivity (Wildman–Crippen MR) is 98.2 cm³/mol. The molecule has 0 radical (unpaired) electrons. The van der Waals surface area contributed by atoms with Crippen LogP contribution in [-0.4, -0.2) is 18.0 Å². The van der Waals surface area contributed by atoms with Gasteiger partial charge in [-0.1, -0.05) is 29.8 Å². The number of anilines is 1. The van der Waals surface area contributed by atoms with Gasteiger partial charge in [0.25, 0.3) is 5.69 Å². The first-order chi connectivity index (χ1) is 12.7. The summed E-state index contributed by atoms with van der Waals surface area (Å²) >= 11 is 6.18. The molecular weight excluding hydrogens is 381 g/mol. The van der Waals surface area contributed by atoms with Crippen LogP contribution in [0.15, 0.2) is 42.5 Å². The van der Waals surface area contributed by atoms with E-state index >= 15 is 0 Å². The average Bonchev–Trinajstić information content (AvgIpc) is 2.62. The first-order valence-corrected chi connectivity index (χ1v) is 8.97. The predicted octanol–water partition coefficient (Wildman–Crippen LogP) is 5.73. The van der Waals surface area contributed by atoms with Gasteiger partial charge in [0.05, 0.1) is 21.2 Å². The number of nitro groups is 1. The zero-order valence-electron chi connectivity index (χ0n) is 14.4. The van der Waals surface area contributed by atoms with E-state index < -0.39 is 16.7 Å². The molecule has 1 fully saturated rings. The maximum absolute atomic E-state index is 12.8. The lowest BCUT2D eigenvalue weighted by atomic mass is 9.89. The summed E-state index contributed by atoms with van der Waals surface area (Å²) < 4.78 is 38.5. The van der Waals surface area contributed by atoms with E-state index in [-0.39, 0.29) is 5.69 Å². The second kappa shape index (κ2) is 7.76. The number of hydrogen-bond donors (Lipinski definition) is 0. The third-order valence-corrected chi connectivity index (χ3v) is 5.18. The van der Waals surface area contributed by atoms with Crippen LogP contribution in [0.1, 0.15) is 24.0 Å². The molecule has 0 atom stereocenters. The van der Waals surface area contributed by atoms with Gasteiger partial charge in [-0.05, 0) is 42.9 Å². The molecule has 2 aromatic carbocycles. The Hall–Kier alpha value is -2.28. The molecule has 1 saturated heterocycles. The SMILES string of the molecule is O=[N+]([O-])c1ccc(N2CCC(Cc3cccc(C(F)(F)F)c3)CC2)c(Cl)c1. The monoisotopic (exact) mass is 398 g/mol. The Kier molecular flexibility index (Phi) is 5.60. The van der Waals surface area contributed by atoms with Crippen molar-refractivity contribution in [1.29, 1.82) is 0 Å². The standard InChI is InChI=1S/C19H18ClF3N2O2/c20-17-12-16(25(26)27)4-5-18(17)24-8-6-13(7-9-24)10-14-2-1-3-15(11-14)19(21,22)23/h1-5,11-13H,6-10H2. The summed E-state index contributed by atoms with van der Waals surface area (Å²) in [5, 5.41) is 11.1. The number of non-ortho nitro benzene ring substituents is 1. The number of hydrogen-bond acceptors (Lipinski definition) is 3. The van der Waals surface area contributed by atoms with Crippen LogP contribution in [0, 0.1) is 16.0 Å². The lowest BCUT2D eigenvalue weighted by Gasteiger charge is -2.34. The van der Waals surface area contributed by atoms with Crippen LogP contribution in [0.4, 0.5) is 24.5 Å². The van der Waals surface area contributed by atoms with Crippen molar-refractivity contribution in [2.75, 3.05) is 18.0 Å². The van der Waals surface area contributed by atoms with Gasteiger partial charge in [0.2, 0.25) is 0 Å². The van der Waals surface area contributed by atoms with Crippen LogP contribution >= 0.6 is 11.6 Å². The Labute approximate surface area is 159 Å². The van der Waals surface area contributed by atoms with Crippen LogP contribution in [0.2, 0.25) is 5.02 Å². The van der Waals surface area contributed by atoms with E-state index in [2.05, 4.69) is 4.90 Å². The number of nitrogens with zero attached hydrogens (tertiary/aromatic N) is 2. The first-order valence-electron chi connectivity index (χ1n) is 8.59. The minimum atomic E-state index is -4.33. The molecule has 2 aromatic rings. The molecular formula is C19H18ClF3N2O2. The molecule has 1 heterocycles. The molecule has 144 valence electrons. The molecule has 4 nitrogen and oxygen atoms in total. The fourth-order valence-corrected chi connectivity index (χ4v) is 3.75. The van der Waals surface area contributed by atoms with E-state index in [0.717, 1.165) is 24.6 Å². The molecule has 3 rings (SSSR count). The van der Waals surface area contributed by atoms with Gasteiger partial charge in [-0.3, -0.25) is 10.1 Å². The number of benzene rings is 2. The summed E-state index contributed by atoms with van der Waals surface area (Å²) in [5.74, 6) is 0.293. The molecule has 0 bridgehead atoms. The number of halogens is 4. The van der Waals surface area contributed by atoms with Gasteiger partial charge in [0.1, 0.15) is 0 Å². The second-order valence-corrected chi connectivity index (χ2v) is 7.13. The summed E-state index contributed by atoms with van der Waals surface area (Å²) in [7, 11) is 0. The van der Waals surface area contributed by atoms with Crippen molar-refractivity contribution in [3.05, 3.63) is 68.7 Å². The quantitative estimate of drug-likeness (QED) is 0.488. The highest BCUT2D eigenvalue weighted by Crippen LogP contribution is 2.34. The minimum Gasteiger partial charge on any atom is -0.370 e. The summed E-state index contributed by atoms with van der Waals surface area (Å²) in [4.78, 5) is 12.4. The van der Waals surface area contributed by atoms with Gasteiger partial charge in [0, 0.05) is 25.2 Å². The topological polar surface area (TPSA) is 46.4 Å². The Bertz CT molecular complexity index is 834. The largest absolute Gasteiger partial charge is 0.416 e. The highest BCUT2D eigenvalue weighted by atomic mass is 35.5. The fourth-order valence-electron chi connectivity index (χ4n) is 3.45. The molecule has 27 heavy (non-hydrogen) atoms. The molecule has 8 heteroatoms. The van der Waals surface area contributed by atoms with Crippen LogP contribution in [0.5, 0.6) is 0 Å². The van der Waals surface area contributed by atoms with Crippen molar-refractivity contribution < 1.29 is 18.1 Å². The molecule has 1 aliphatic rings. The van der Waals surface area contributed by atoms with Crippen LogP contribution in [-0.2, 0) is 12.6 Å². The molecule has 0 amide bonds. The third kappa shape index (κ3) is 4.71. The van der Waals surface area contributed by atoms with Crippen molar-refractivity contribution in [2.24, 2.45) is 5.92 Å². The zero-order chi connectivity index (χ0) is 19.6. The highest BCUT2D eigenvalue weighted by molar-refractivity contribution is 6.33. The normalized spacial score (nSPS) is 15.8. The van der Waals surface area contributed by atoms with Crippen molar-refractivity contribution >= 4 is 23.0 Å². The summed E-state index contributed by atoms with van der Waals surface area (Å²) in [6.45, 7) is 1.42. The molecule has 1 aliphatic heterocycles. The van der Waals surface area contributed by atoms with Crippen LogP contribution in [0.25, 0.3) is 0 Å². The minimum absolute atomic E-state index is 0.0526. The van der Waals surface area contributed by atoms with E-state index in [0.29, 0.717) is 36.0 Å². The Morgan fingerprint density at radius 1 is 1.15 bits per heavy atom. The average molecular weight is 399 g/mol. The smallest absolute Gasteiger partial charge is 0.370 e. The summed E-state index contributed by atoms with van der Waals surface area (Å²) in [6, 6.07) is 9.90. The number of piperidine rings is 1. The van der Waals surface area contributed by atoms with Gasteiger partial charge in [-0.2, -0.15) is 13.2 Å². The van der Waals surface area contributed by atoms with Crippen LogP contribution in [0.3, 0.4) is 0 Å². The van der Waals surface area contributed by atoms with Gasteiger partial charge in [-0.15, -0.1) is 0 Å². The fraction of sp³-hybridized carbons (Fsp3) is 0.368. The number of rotatable bonds is 4. The van der Waals surface area contributed by atoms with Crippen molar-refractivity contribution in [1.82, 2.24) is 0 Å².